The van der Waals surface area contributed by atoms with Gasteiger partial charge in [-0.25, -0.2) is 4.79 Å². The molecule has 7 nitrogen and oxygen atoms in total. The van der Waals surface area contributed by atoms with Crippen molar-refractivity contribution in [3.05, 3.63) is 77.6 Å². The van der Waals surface area contributed by atoms with Crippen molar-refractivity contribution in [1.82, 2.24) is 0 Å². The number of aromatic carboxylic acids is 1. The molecule has 0 spiro atoms. The summed E-state index contributed by atoms with van der Waals surface area (Å²) < 4.78 is 47.8. The van der Waals surface area contributed by atoms with E-state index in [1.807, 2.05) is 0 Å². The Hall–Kier alpha value is -4.34. The molecule has 0 radical (unpaired) electrons. The van der Waals surface area contributed by atoms with Crippen LogP contribution >= 0.6 is 0 Å². The first kappa shape index (κ1) is 21.9. The van der Waals surface area contributed by atoms with E-state index < -0.39 is 24.0 Å². The number of nitrogens with zero attached hydrogens (tertiary/aromatic N) is 2. The number of carbonyl (C=O) groups is 2. The highest BCUT2D eigenvalue weighted by atomic mass is 19.4. The Kier molecular flexibility index (Phi) is 5.50. The number of carboxylic acid groups (broad SMARTS) is 1. The molecule has 0 unspecified atom stereocenters. The Balaban J connectivity index is 1.60. The minimum Gasteiger partial charge on any atom is -0.478 e. The second kappa shape index (κ2) is 8.30. The Morgan fingerprint density at radius 3 is 2.45 bits per heavy atom. The number of alkyl halides is 3. The molecule has 4 rings (SSSR count). The molecule has 2 aromatic carbocycles. The van der Waals surface area contributed by atoms with Gasteiger partial charge in [0.15, 0.2) is 0 Å². The summed E-state index contributed by atoms with van der Waals surface area (Å²) in [6.45, 7) is 1.62. The van der Waals surface area contributed by atoms with Gasteiger partial charge in [0.2, 0.25) is 0 Å². The van der Waals surface area contributed by atoms with Crippen molar-refractivity contribution in [2.75, 3.05) is 5.01 Å². The van der Waals surface area contributed by atoms with Gasteiger partial charge in [0.25, 0.3) is 5.91 Å². The van der Waals surface area contributed by atoms with Crippen LogP contribution in [0, 0.1) is 0 Å². The van der Waals surface area contributed by atoms with E-state index in [1.54, 1.807) is 13.0 Å². The van der Waals surface area contributed by atoms with Crippen LogP contribution in [-0.2, 0) is 4.79 Å². The summed E-state index contributed by atoms with van der Waals surface area (Å²) in [6, 6.07) is 14.2. The highest BCUT2D eigenvalue weighted by Crippen LogP contribution is 2.35. The zero-order chi connectivity index (χ0) is 23.8. The third-order valence-electron chi connectivity index (χ3n) is 4.71. The van der Waals surface area contributed by atoms with E-state index in [1.165, 1.54) is 60.7 Å². The van der Waals surface area contributed by atoms with Crippen LogP contribution in [0.1, 0.15) is 23.0 Å². The van der Waals surface area contributed by atoms with Gasteiger partial charge >= 0.3 is 12.3 Å². The lowest BCUT2D eigenvalue weighted by Gasteiger charge is -2.12. The summed E-state index contributed by atoms with van der Waals surface area (Å²) >= 11 is 0. The standard InChI is InChI=1S/C23H15F3N2O5/c1-13-18(21(29)28(27-13)15-8-6-14(7-9-15)22(30)31)12-16-10-11-19(32-16)17-4-2-3-5-20(17)33-23(24,25)26/h2-12H,1H3,(H,30,31)/b18-12-. The van der Waals surface area contributed by atoms with Crippen molar-refractivity contribution in [3.63, 3.8) is 0 Å². The molecular formula is C23H15F3N2O5. The molecule has 0 bridgehead atoms. The van der Waals surface area contributed by atoms with Crippen LogP contribution in [0.4, 0.5) is 18.9 Å². The Labute approximate surface area is 185 Å². The zero-order valence-electron chi connectivity index (χ0n) is 17.0. The van der Waals surface area contributed by atoms with Crippen LogP contribution < -0.4 is 9.75 Å². The summed E-state index contributed by atoms with van der Waals surface area (Å²) in [5.41, 5.74) is 1.16. The van der Waals surface area contributed by atoms with Crippen molar-refractivity contribution < 1.29 is 37.0 Å². The molecule has 0 aliphatic carbocycles. The second-order valence-corrected chi connectivity index (χ2v) is 6.96. The van der Waals surface area contributed by atoms with Gasteiger partial charge < -0.3 is 14.3 Å². The molecule has 3 aromatic rings. The summed E-state index contributed by atoms with van der Waals surface area (Å²) in [6.07, 6.45) is -3.42. The molecule has 33 heavy (non-hydrogen) atoms. The molecular weight excluding hydrogens is 441 g/mol. The first-order chi connectivity index (χ1) is 15.6. The van der Waals surface area contributed by atoms with Gasteiger partial charge in [-0.2, -0.15) is 10.1 Å². The number of ether oxygens (including phenoxy) is 1. The first-order valence-electron chi connectivity index (χ1n) is 9.52. The molecule has 2 heterocycles. The number of benzene rings is 2. The number of hydrogen-bond donors (Lipinski definition) is 1. The number of furan rings is 1. The van der Waals surface area contributed by atoms with E-state index in [0.717, 1.165) is 5.01 Å². The number of halogens is 3. The van der Waals surface area contributed by atoms with E-state index >= 15 is 0 Å². The summed E-state index contributed by atoms with van der Waals surface area (Å²) in [5.74, 6) is -1.61. The average molecular weight is 456 g/mol. The lowest BCUT2D eigenvalue weighted by molar-refractivity contribution is -0.274. The van der Waals surface area contributed by atoms with Crippen molar-refractivity contribution in [2.24, 2.45) is 5.10 Å². The fourth-order valence-electron chi connectivity index (χ4n) is 3.21. The number of anilines is 1. The minimum atomic E-state index is -4.86. The normalized spacial score (nSPS) is 15.2. The van der Waals surface area contributed by atoms with Crippen LogP contribution in [0.5, 0.6) is 5.75 Å². The molecule has 1 aliphatic rings. The fourth-order valence-corrected chi connectivity index (χ4v) is 3.21. The van der Waals surface area contributed by atoms with Crippen molar-refractivity contribution in [1.29, 1.82) is 0 Å². The Morgan fingerprint density at radius 1 is 1.09 bits per heavy atom. The predicted octanol–water partition coefficient (Wildman–Crippen LogP) is 5.35. The quantitative estimate of drug-likeness (QED) is 0.523. The zero-order valence-corrected chi connectivity index (χ0v) is 17.0. The van der Waals surface area contributed by atoms with E-state index in [9.17, 15) is 22.8 Å². The van der Waals surface area contributed by atoms with E-state index in [0.29, 0.717) is 11.4 Å². The molecule has 1 aliphatic heterocycles. The van der Waals surface area contributed by atoms with Gasteiger partial charge in [0.05, 0.1) is 28.1 Å². The SMILES string of the molecule is CC1=NN(c2ccc(C(=O)O)cc2)C(=O)/C1=C\c1ccc(-c2ccccc2OC(F)(F)F)o1. The lowest BCUT2D eigenvalue weighted by atomic mass is 10.1. The van der Waals surface area contributed by atoms with Crippen LogP contribution in [0.3, 0.4) is 0 Å². The molecule has 0 atom stereocenters. The second-order valence-electron chi connectivity index (χ2n) is 6.96. The van der Waals surface area contributed by atoms with E-state index in [-0.39, 0.29) is 28.2 Å². The minimum absolute atomic E-state index is 0.0692. The highest BCUT2D eigenvalue weighted by molar-refractivity contribution is 6.32. The Morgan fingerprint density at radius 2 is 1.79 bits per heavy atom. The highest BCUT2D eigenvalue weighted by Gasteiger charge is 2.33. The van der Waals surface area contributed by atoms with Crippen LogP contribution in [0.2, 0.25) is 0 Å². The summed E-state index contributed by atoms with van der Waals surface area (Å²) in [7, 11) is 0. The molecule has 1 aromatic heterocycles. The molecule has 0 saturated carbocycles. The maximum atomic E-state index is 12.9. The van der Waals surface area contributed by atoms with Crippen molar-refractivity contribution in [2.45, 2.75) is 13.3 Å². The topological polar surface area (TPSA) is 92.3 Å². The number of hydrazone groups is 1. The molecule has 0 fully saturated rings. The van der Waals surface area contributed by atoms with Crippen LogP contribution in [-0.4, -0.2) is 29.1 Å². The number of carbonyl (C=O) groups excluding carboxylic acids is 1. The van der Waals surface area contributed by atoms with Crippen LogP contribution in [0.15, 0.2) is 75.8 Å². The summed E-state index contributed by atoms with van der Waals surface area (Å²) in [4.78, 5) is 23.9. The molecule has 1 amide bonds. The number of hydrogen-bond acceptors (Lipinski definition) is 5. The number of para-hydroxylation sites is 1. The van der Waals surface area contributed by atoms with Crippen LogP contribution in [0.25, 0.3) is 17.4 Å². The van der Waals surface area contributed by atoms with Crippen molar-refractivity contribution >= 4 is 29.4 Å². The van der Waals surface area contributed by atoms with Gasteiger partial charge in [0.1, 0.15) is 17.3 Å². The van der Waals surface area contributed by atoms with Gasteiger partial charge in [-0.3, -0.25) is 4.79 Å². The molecule has 1 N–H and O–H groups in total. The van der Waals surface area contributed by atoms with Gasteiger partial charge in [-0.05, 0) is 61.5 Å². The average Bonchev–Trinajstić information content (AvgIpc) is 3.33. The maximum absolute atomic E-state index is 12.9. The van der Waals surface area contributed by atoms with Gasteiger partial charge in [-0.15, -0.1) is 13.2 Å². The third kappa shape index (κ3) is 4.64. The van der Waals surface area contributed by atoms with E-state index in [2.05, 4.69) is 9.84 Å². The first-order valence-corrected chi connectivity index (χ1v) is 9.52. The largest absolute Gasteiger partial charge is 0.573 e. The molecule has 168 valence electrons. The van der Waals surface area contributed by atoms with Gasteiger partial charge in [0, 0.05) is 0 Å². The predicted molar refractivity (Wildman–Crippen MR) is 113 cm³/mol. The smallest absolute Gasteiger partial charge is 0.478 e. The van der Waals surface area contributed by atoms with Crippen molar-refractivity contribution in [3.8, 4) is 17.1 Å². The fraction of sp³-hybridized carbons (Fsp3) is 0.0870. The molecule has 10 heteroatoms. The number of amides is 1. The third-order valence-corrected chi connectivity index (χ3v) is 4.71. The lowest BCUT2D eigenvalue weighted by Crippen LogP contribution is -2.21. The molecule has 0 saturated heterocycles. The van der Waals surface area contributed by atoms with E-state index in [4.69, 9.17) is 9.52 Å². The number of carboxylic acids is 1. The van der Waals surface area contributed by atoms with Gasteiger partial charge in [-0.1, -0.05) is 12.1 Å². The monoisotopic (exact) mass is 456 g/mol. The maximum Gasteiger partial charge on any atom is 0.573 e. The Bertz CT molecular complexity index is 1290. The number of rotatable bonds is 5. The summed E-state index contributed by atoms with van der Waals surface area (Å²) in [5, 5.41) is 14.3.